The molecule has 126 valence electrons. The zero-order chi connectivity index (χ0) is 17.8. The van der Waals surface area contributed by atoms with Gasteiger partial charge in [0, 0.05) is 22.4 Å². The minimum Gasteiger partial charge on any atom is -0.465 e. The van der Waals surface area contributed by atoms with Crippen molar-refractivity contribution in [3.8, 4) is 5.69 Å². The van der Waals surface area contributed by atoms with Crippen LogP contribution in [0.25, 0.3) is 5.69 Å². The summed E-state index contributed by atoms with van der Waals surface area (Å²) in [5, 5.41) is 7.07. The lowest BCUT2D eigenvalue weighted by molar-refractivity contribution is 0.0600. The third kappa shape index (κ3) is 3.77. The predicted octanol–water partition coefficient (Wildman–Crippen LogP) is 3.67. The van der Waals surface area contributed by atoms with Gasteiger partial charge >= 0.3 is 5.97 Å². The molecule has 0 radical (unpaired) electrons. The van der Waals surface area contributed by atoms with Crippen LogP contribution in [0, 0.1) is 0 Å². The number of nitrogens with one attached hydrogen (secondary N) is 1. The Hall–Kier alpha value is -2.93. The molecule has 0 saturated heterocycles. The van der Waals surface area contributed by atoms with Crippen LogP contribution in [-0.2, 0) is 4.74 Å². The summed E-state index contributed by atoms with van der Waals surface area (Å²) in [6.45, 7) is 0. The van der Waals surface area contributed by atoms with Gasteiger partial charge in [-0.25, -0.2) is 9.48 Å². The van der Waals surface area contributed by atoms with Crippen molar-refractivity contribution >= 4 is 33.5 Å². The fraction of sp³-hybridized carbons (Fsp3) is 0.0556. The molecule has 6 nitrogen and oxygen atoms in total. The molecule has 0 spiro atoms. The second-order valence-corrected chi connectivity index (χ2v) is 6.05. The van der Waals surface area contributed by atoms with Crippen molar-refractivity contribution in [2.45, 2.75) is 0 Å². The van der Waals surface area contributed by atoms with Crippen molar-refractivity contribution in [2.75, 3.05) is 12.4 Å². The zero-order valence-electron chi connectivity index (χ0n) is 13.3. The summed E-state index contributed by atoms with van der Waals surface area (Å²) in [6.07, 6.45) is 3.46. The van der Waals surface area contributed by atoms with Crippen molar-refractivity contribution in [1.29, 1.82) is 0 Å². The lowest BCUT2D eigenvalue weighted by atomic mass is 10.1. The second kappa shape index (κ2) is 7.31. The maximum atomic E-state index is 12.5. The van der Waals surface area contributed by atoms with Gasteiger partial charge in [0.05, 0.1) is 24.0 Å². The monoisotopic (exact) mass is 399 g/mol. The van der Waals surface area contributed by atoms with Gasteiger partial charge < -0.3 is 10.1 Å². The van der Waals surface area contributed by atoms with Gasteiger partial charge in [-0.3, -0.25) is 4.79 Å². The molecule has 0 bridgehead atoms. The van der Waals surface area contributed by atoms with Crippen LogP contribution in [0.1, 0.15) is 20.7 Å². The van der Waals surface area contributed by atoms with Crippen molar-refractivity contribution < 1.29 is 14.3 Å². The highest BCUT2D eigenvalue weighted by Gasteiger charge is 2.12. The van der Waals surface area contributed by atoms with E-state index in [4.69, 9.17) is 0 Å². The number of methoxy groups -OCH3 is 1. The average molecular weight is 400 g/mol. The first-order valence-corrected chi connectivity index (χ1v) is 8.17. The van der Waals surface area contributed by atoms with E-state index in [1.165, 1.54) is 7.11 Å². The maximum Gasteiger partial charge on any atom is 0.337 e. The van der Waals surface area contributed by atoms with Crippen LogP contribution in [0.3, 0.4) is 0 Å². The number of carbonyl (C=O) groups excluding carboxylic acids is 2. The Morgan fingerprint density at radius 1 is 1.12 bits per heavy atom. The highest BCUT2D eigenvalue weighted by molar-refractivity contribution is 9.10. The molecule has 0 atom stereocenters. The molecule has 0 aliphatic heterocycles. The molecule has 1 aromatic heterocycles. The number of hydrogen-bond donors (Lipinski definition) is 1. The first kappa shape index (κ1) is 16.9. The van der Waals surface area contributed by atoms with E-state index in [1.807, 2.05) is 12.1 Å². The summed E-state index contributed by atoms with van der Waals surface area (Å²) in [5.74, 6) is -0.733. The summed E-state index contributed by atoms with van der Waals surface area (Å²) in [7, 11) is 1.31. The highest BCUT2D eigenvalue weighted by Crippen LogP contribution is 2.25. The minimum atomic E-state index is -0.445. The zero-order valence-corrected chi connectivity index (χ0v) is 14.9. The van der Waals surface area contributed by atoms with Gasteiger partial charge in [-0.15, -0.1) is 0 Å². The number of ether oxygens (including phenoxy) is 1. The highest BCUT2D eigenvalue weighted by atomic mass is 79.9. The third-order valence-corrected chi connectivity index (χ3v) is 4.02. The number of hydrogen-bond acceptors (Lipinski definition) is 4. The first-order valence-electron chi connectivity index (χ1n) is 7.38. The van der Waals surface area contributed by atoms with Crippen LogP contribution in [0.4, 0.5) is 5.69 Å². The Morgan fingerprint density at radius 2 is 1.84 bits per heavy atom. The minimum absolute atomic E-state index is 0.289. The molecule has 0 unspecified atom stereocenters. The topological polar surface area (TPSA) is 73.2 Å². The molecule has 25 heavy (non-hydrogen) atoms. The Labute approximate surface area is 152 Å². The molecule has 3 aromatic rings. The number of amides is 1. The molecule has 7 heteroatoms. The van der Waals surface area contributed by atoms with Gasteiger partial charge in [0.2, 0.25) is 0 Å². The van der Waals surface area contributed by atoms with E-state index in [0.717, 1.165) is 10.2 Å². The van der Waals surface area contributed by atoms with Gasteiger partial charge in [0.25, 0.3) is 5.91 Å². The molecule has 3 rings (SSSR count). The van der Waals surface area contributed by atoms with Crippen molar-refractivity contribution in [3.05, 3.63) is 76.5 Å². The molecular weight excluding hydrogens is 386 g/mol. The Bertz CT molecular complexity index is 906. The first-order chi connectivity index (χ1) is 12.1. The van der Waals surface area contributed by atoms with Gasteiger partial charge in [-0.2, -0.15) is 5.10 Å². The van der Waals surface area contributed by atoms with E-state index in [2.05, 4.69) is 31.1 Å². The van der Waals surface area contributed by atoms with Gasteiger partial charge in [-0.05, 0) is 48.5 Å². The molecule has 0 fully saturated rings. The smallest absolute Gasteiger partial charge is 0.337 e. The molecule has 0 aliphatic rings. The number of benzene rings is 2. The fourth-order valence-electron chi connectivity index (χ4n) is 2.29. The van der Waals surface area contributed by atoms with Crippen LogP contribution in [0.2, 0.25) is 0 Å². The average Bonchev–Trinajstić information content (AvgIpc) is 3.15. The van der Waals surface area contributed by atoms with Crippen LogP contribution < -0.4 is 5.32 Å². The van der Waals surface area contributed by atoms with E-state index in [0.29, 0.717) is 16.8 Å². The fourth-order valence-corrected chi connectivity index (χ4v) is 2.65. The lowest BCUT2D eigenvalue weighted by Crippen LogP contribution is -2.14. The van der Waals surface area contributed by atoms with Crippen LogP contribution in [0.5, 0.6) is 0 Å². The number of anilines is 1. The predicted molar refractivity (Wildman–Crippen MR) is 97.0 cm³/mol. The summed E-state index contributed by atoms with van der Waals surface area (Å²) < 4.78 is 7.15. The van der Waals surface area contributed by atoms with E-state index in [9.17, 15) is 9.59 Å². The van der Waals surface area contributed by atoms with Crippen molar-refractivity contribution in [1.82, 2.24) is 9.78 Å². The number of halogens is 1. The second-order valence-electron chi connectivity index (χ2n) is 5.14. The summed E-state index contributed by atoms with van der Waals surface area (Å²) in [5.41, 5.74) is 2.17. The van der Waals surface area contributed by atoms with E-state index >= 15 is 0 Å². The molecular formula is C18H14BrN3O3. The number of rotatable bonds is 4. The molecule has 0 aliphatic carbocycles. The van der Waals surface area contributed by atoms with E-state index < -0.39 is 5.97 Å². The van der Waals surface area contributed by atoms with E-state index in [1.54, 1.807) is 53.5 Å². The lowest BCUT2D eigenvalue weighted by Gasteiger charge is -2.12. The molecule has 2 aromatic carbocycles. The number of nitrogens with zero attached hydrogens (tertiary/aromatic N) is 2. The van der Waals surface area contributed by atoms with Crippen LogP contribution >= 0.6 is 15.9 Å². The van der Waals surface area contributed by atoms with Crippen LogP contribution in [-0.4, -0.2) is 28.8 Å². The molecule has 1 N–H and O–H groups in total. The SMILES string of the molecule is COC(=O)c1ccc(C(=O)Nc2cc(Br)ccc2-n2cccn2)cc1. The molecule has 0 saturated carbocycles. The summed E-state index contributed by atoms with van der Waals surface area (Å²) in [4.78, 5) is 24.0. The summed E-state index contributed by atoms with van der Waals surface area (Å²) in [6, 6.07) is 13.6. The number of esters is 1. The van der Waals surface area contributed by atoms with Gasteiger partial charge in [0.1, 0.15) is 0 Å². The molecule has 1 heterocycles. The molecule has 1 amide bonds. The van der Waals surface area contributed by atoms with Gasteiger partial charge in [0.15, 0.2) is 0 Å². The van der Waals surface area contributed by atoms with Crippen molar-refractivity contribution in [2.24, 2.45) is 0 Å². The van der Waals surface area contributed by atoms with E-state index in [-0.39, 0.29) is 5.91 Å². The van der Waals surface area contributed by atoms with Gasteiger partial charge in [-0.1, -0.05) is 15.9 Å². The number of aromatic nitrogens is 2. The Kier molecular flexibility index (Phi) is 4.95. The Balaban J connectivity index is 1.86. The van der Waals surface area contributed by atoms with Crippen molar-refractivity contribution in [3.63, 3.8) is 0 Å². The largest absolute Gasteiger partial charge is 0.465 e. The normalized spacial score (nSPS) is 10.3. The number of carbonyl (C=O) groups is 2. The standard InChI is InChI=1S/C18H14BrN3O3/c1-25-18(24)13-5-3-12(4-6-13)17(23)21-15-11-14(19)7-8-16(15)22-10-2-9-20-22/h2-11H,1H3,(H,21,23). The Morgan fingerprint density at radius 3 is 2.48 bits per heavy atom. The van der Waals surface area contributed by atoms with Crippen LogP contribution in [0.15, 0.2) is 65.4 Å². The summed E-state index contributed by atoms with van der Waals surface area (Å²) >= 11 is 3.41. The quantitative estimate of drug-likeness (QED) is 0.679. The maximum absolute atomic E-state index is 12.5. The third-order valence-electron chi connectivity index (χ3n) is 3.53.